The van der Waals surface area contributed by atoms with Gasteiger partial charge in [0.1, 0.15) is 0 Å². The summed E-state index contributed by atoms with van der Waals surface area (Å²) in [6.45, 7) is -0.482. The lowest BCUT2D eigenvalue weighted by molar-refractivity contribution is -0.385. The summed E-state index contributed by atoms with van der Waals surface area (Å²) >= 11 is 2.99. The van der Waals surface area contributed by atoms with Crippen LogP contribution in [0.5, 0.6) is 0 Å². The molecule has 0 aromatic heterocycles. The molecule has 0 fully saturated rings. The summed E-state index contributed by atoms with van der Waals surface area (Å²) in [5, 5.41) is 10.7. The van der Waals surface area contributed by atoms with Crippen LogP contribution in [0, 0.1) is 10.1 Å². The molecule has 1 aromatic rings. The topological polar surface area (TPSA) is 125 Å². The Morgan fingerprint density at radius 2 is 2.17 bits per heavy atom. The van der Waals surface area contributed by atoms with Crippen LogP contribution in [0.25, 0.3) is 0 Å². The number of nitrogens with two attached hydrogens (primary N) is 1. The molecule has 0 spiro atoms. The molecule has 2 amide bonds. The number of hydrogen-bond acceptors (Lipinski definition) is 5. The van der Waals surface area contributed by atoms with E-state index in [-0.39, 0.29) is 15.7 Å². The fourth-order valence-electron chi connectivity index (χ4n) is 1.03. The zero-order valence-electron chi connectivity index (χ0n) is 8.88. The van der Waals surface area contributed by atoms with Gasteiger partial charge in [0.05, 0.1) is 9.40 Å². The highest BCUT2D eigenvalue weighted by molar-refractivity contribution is 9.10. The first-order valence-corrected chi connectivity index (χ1v) is 5.35. The number of nitrogens with one attached hydrogen (secondary N) is 1. The van der Waals surface area contributed by atoms with Crippen molar-refractivity contribution in [2.75, 3.05) is 6.61 Å². The van der Waals surface area contributed by atoms with Crippen molar-refractivity contribution >= 4 is 33.4 Å². The molecule has 1 aromatic carbocycles. The van der Waals surface area contributed by atoms with Crippen LogP contribution >= 0.6 is 15.9 Å². The van der Waals surface area contributed by atoms with Gasteiger partial charge in [-0.05, 0) is 28.1 Å². The molecule has 0 bridgehead atoms. The molecule has 1 rings (SSSR count). The second kappa shape index (κ2) is 6.07. The minimum atomic E-state index is -0.753. The lowest BCUT2D eigenvalue weighted by Crippen LogP contribution is -2.29. The Balaban J connectivity index is 2.77. The number of amides is 2. The highest BCUT2D eigenvalue weighted by Crippen LogP contribution is 2.25. The number of rotatable bonds is 5. The smallest absolute Gasteiger partial charge is 0.284 e. The summed E-state index contributed by atoms with van der Waals surface area (Å²) in [7, 11) is 0. The lowest BCUT2D eigenvalue weighted by atomic mass is 10.2. The Bertz CT molecular complexity index is 505. The molecule has 0 atom stereocenters. The Morgan fingerprint density at radius 1 is 1.50 bits per heavy atom. The summed E-state index contributed by atoms with van der Waals surface area (Å²) in [4.78, 5) is 36.3. The van der Waals surface area contributed by atoms with Gasteiger partial charge < -0.3 is 5.73 Å². The zero-order chi connectivity index (χ0) is 13.7. The van der Waals surface area contributed by atoms with Gasteiger partial charge >= 0.3 is 0 Å². The quantitative estimate of drug-likeness (QED) is 0.604. The first kappa shape index (κ1) is 14.1. The van der Waals surface area contributed by atoms with E-state index in [1.165, 1.54) is 12.1 Å². The van der Waals surface area contributed by atoms with Gasteiger partial charge in [-0.3, -0.25) is 24.5 Å². The second-order valence-electron chi connectivity index (χ2n) is 3.11. The Labute approximate surface area is 109 Å². The van der Waals surface area contributed by atoms with E-state index in [0.29, 0.717) is 0 Å². The number of nitro groups is 1. The first-order chi connectivity index (χ1) is 8.41. The standard InChI is InChI=1S/C9H8BrN3O5/c10-6-2-1-5(3-7(6)13(16)17)9(15)12-18-4-8(11)14/h1-3H,4H2,(H2,11,14)(H,12,15). The second-order valence-corrected chi connectivity index (χ2v) is 3.96. The van der Waals surface area contributed by atoms with Crippen molar-refractivity contribution in [1.29, 1.82) is 0 Å². The van der Waals surface area contributed by atoms with Gasteiger partial charge in [0.15, 0.2) is 6.61 Å². The number of carbonyl (C=O) groups excluding carboxylic acids is 2. The highest BCUT2D eigenvalue weighted by Gasteiger charge is 2.16. The van der Waals surface area contributed by atoms with Gasteiger partial charge in [-0.1, -0.05) is 0 Å². The molecule has 0 aliphatic rings. The maximum atomic E-state index is 11.5. The molecular weight excluding hydrogens is 310 g/mol. The number of nitrogens with zero attached hydrogens (tertiary/aromatic N) is 1. The molecule has 0 saturated heterocycles. The number of halogens is 1. The van der Waals surface area contributed by atoms with Gasteiger partial charge in [0.2, 0.25) is 5.91 Å². The van der Waals surface area contributed by atoms with Crippen LogP contribution in [0.1, 0.15) is 10.4 Å². The van der Waals surface area contributed by atoms with Gasteiger partial charge in [-0.2, -0.15) is 0 Å². The van der Waals surface area contributed by atoms with Crippen LogP contribution in [-0.4, -0.2) is 23.3 Å². The van der Waals surface area contributed by atoms with Crippen LogP contribution in [-0.2, 0) is 9.63 Å². The fourth-order valence-corrected chi connectivity index (χ4v) is 1.42. The SMILES string of the molecule is NC(=O)CONC(=O)c1ccc(Br)c([N+](=O)[O-])c1. The predicted molar refractivity (Wildman–Crippen MR) is 63.4 cm³/mol. The average molecular weight is 318 g/mol. The van der Waals surface area contributed by atoms with E-state index in [1.807, 2.05) is 5.48 Å². The summed E-state index contributed by atoms with van der Waals surface area (Å²) in [6.07, 6.45) is 0. The van der Waals surface area contributed by atoms with E-state index >= 15 is 0 Å². The first-order valence-electron chi connectivity index (χ1n) is 4.56. The van der Waals surface area contributed by atoms with Gasteiger partial charge in [-0.25, -0.2) is 5.48 Å². The minimum Gasteiger partial charge on any atom is -0.368 e. The lowest BCUT2D eigenvalue weighted by Gasteiger charge is -2.04. The molecule has 0 aliphatic heterocycles. The van der Waals surface area contributed by atoms with Crippen LogP contribution < -0.4 is 11.2 Å². The van der Waals surface area contributed by atoms with Crippen molar-refractivity contribution in [1.82, 2.24) is 5.48 Å². The number of hydroxylamine groups is 1. The van der Waals surface area contributed by atoms with Crippen molar-refractivity contribution in [2.45, 2.75) is 0 Å². The molecule has 3 N–H and O–H groups in total. The van der Waals surface area contributed by atoms with Gasteiger partial charge in [-0.15, -0.1) is 0 Å². The summed E-state index contributed by atoms with van der Waals surface area (Å²) in [6, 6.07) is 3.80. The molecular formula is C9H8BrN3O5. The maximum absolute atomic E-state index is 11.5. The normalized spacial score (nSPS) is 9.83. The van der Waals surface area contributed by atoms with E-state index in [1.54, 1.807) is 0 Å². The van der Waals surface area contributed by atoms with Gasteiger partial charge in [0.25, 0.3) is 11.6 Å². The van der Waals surface area contributed by atoms with Crippen molar-refractivity contribution < 1.29 is 19.3 Å². The average Bonchev–Trinajstić information content (AvgIpc) is 2.28. The molecule has 0 unspecified atom stereocenters. The molecule has 8 nitrogen and oxygen atoms in total. The van der Waals surface area contributed by atoms with E-state index in [2.05, 4.69) is 20.8 Å². The van der Waals surface area contributed by atoms with E-state index < -0.39 is 23.3 Å². The van der Waals surface area contributed by atoms with Crippen LogP contribution in [0.4, 0.5) is 5.69 Å². The minimum absolute atomic E-state index is 0.0226. The van der Waals surface area contributed by atoms with E-state index in [0.717, 1.165) is 6.07 Å². The van der Waals surface area contributed by atoms with E-state index in [9.17, 15) is 19.7 Å². The van der Waals surface area contributed by atoms with Crippen LogP contribution in [0.15, 0.2) is 22.7 Å². The number of nitro benzene ring substituents is 1. The predicted octanol–water partition coefficient (Wildman–Crippen LogP) is 0.504. The van der Waals surface area contributed by atoms with Gasteiger partial charge in [0, 0.05) is 11.6 Å². The largest absolute Gasteiger partial charge is 0.368 e. The summed E-state index contributed by atoms with van der Waals surface area (Å²) in [5.74, 6) is -1.47. The maximum Gasteiger partial charge on any atom is 0.284 e. The monoisotopic (exact) mass is 317 g/mol. The number of benzene rings is 1. The molecule has 9 heteroatoms. The van der Waals surface area contributed by atoms with Crippen molar-refractivity contribution in [2.24, 2.45) is 5.73 Å². The third-order valence-electron chi connectivity index (χ3n) is 1.78. The number of hydrogen-bond donors (Lipinski definition) is 2. The Hall–Kier alpha value is -2.00. The van der Waals surface area contributed by atoms with Crippen molar-refractivity contribution in [3.05, 3.63) is 38.3 Å². The molecule has 0 radical (unpaired) electrons. The highest BCUT2D eigenvalue weighted by atomic mass is 79.9. The van der Waals surface area contributed by atoms with Crippen molar-refractivity contribution in [3.63, 3.8) is 0 Å². The summed E-state index contributed by atoms with van der Waals surface area (Å²) < 4.78 is 0.252. The van der Waals surface area contributed by atoms with Crippen molar-refractivity contribution in [3.8, 4) is 0 Å². The fraction of sp³-hybridized carbons (Fsp3) is 0.111. The molecule has 0 saturated carbocycles. The molecule has 18 heavy (non-hydrogen) atoms. The molecule has 0 aliphatic carbocycles. The van der Waals surface area contributed by atoms with Crippen LogP contribution in [0.2, 0.25) is 0 Å². The van der Waals surface area contributed by atoms with E-state index in [4.69, 9.17) is 5.73 Å². The Morgan fingerprint density at radius 3 is 2.72 bits per heavy atom. The molecule has 0 heterocycles. The number of carbonyl (C=O) groups is 2. The third-order valence-corrected chi connectivity index (χ3v) is 2.45. The summed E-state index contributed by atoms with van der Waals surface area (Å²) in [5.41, 5.74) is 6.50. The zero-order valence-corrected chi connectivity index (χ0v) is 10.5. The van der Waals surface area contributed by atoms with Crippen LogP contribution in [0.3, 0.4) is 0 Å². The molecule has 96 valence electrons. The Kier molecular flexibility index (Phi) is 4.75. The third kappa shape index (κ3) is 3.79. The number of primary amides is 1.